The lowest BCUT2D eigenvalue weighted by molar-refractivity contribution is 0.0466. The van der Waals surface area contributed by atoms with E-state index in [4.69, 9.17) is 4.74 Å². The molecule has 1 saturated carbocycles. The second kappa shape index (κ2) is 5.11. The highest BCUT2D eigenvalue weighted by molar-refractivity contribution is 5.68. The first-order valence-electron chi connectivity index (χ1n) is 7.19. The van der Waals surface area contributed by atoms with Gasteiger partial charge in [-0.1, -0.05) is 0 Å². The van der Waals surface area contributed by atoms with Crippen LogP contribution < -0.4 is 5.32 Å². The number of rotatable bonds is 4. The minimum atomic E-state index is -0.506. The molecule has 1 aliphatic carbocycles. The molecule has 0 radical (unpaired) electrons. The second-order valence-corrected chi connectivity index (χ2v) is 7.13. The summed E-state index contributed by atoms with van der Waals surface area (Å²) in [7, 11) is 0. The highest BCUT2D eigenvalue weighted by atomic mass is 16.6. The molecule has 1 aromatic rings. The van der Waals surface area contributed by atoms with Crippen LogP contribution in [0.25, 0.3) is 0 Å². The molecular weight excluding hydrogens is 254 g/mol. The molecule has 0 unspecified atom stereocenters. The predicted octanol–water partition coefficient (Wildman–Crippen LogP) is 3.05. The number of nitrogens with zero attached hydrogens (tertiary/aromatic N) is 2. The van der Waals surface area contributed by atoms with Crippen LogP contribution in [-0.4, -0.2) is 21.2 Å². The van der Waals surface area contributed by atoms with Gasteiger partial charge in [0.2, 0.25) is 0 Å². The first kappa shape index (κ1) is 14.9. The van der Waals surface area contributed by atoms with E-state index in [0.717, 1.165) is 18.2 Å². The number of carbonyl (C=O) groups excluding carboxylic acids is 1. The predicted molar refractivity (Wildman–Crippen MR) is 77.3 cm³/mol. The average molecular weight is 279 g/mol. The Morgan fingerprint density at radius 1 is 1.40 bits per heavy atom. The molecule has 0 saturated heterocycles. The van der Waals surface area contributed by atoms with Gasteiger partial charge in [-0.05, 0) is 53.4 Å². The summed E-state index contributed by atoms with van der Waals surface area (Å²) >= 11 is 0. The topological polar surface area (TPSA) is 56.1 Å². The highest BCUT2D eigenvalue weighted by Gasteiger charge is 2.31. The summed E-state index contributed by atoms with van der Waals surface area (Å²) in [4.78, 5) is 16.2. The third-order valence-corrected chi connectivity index (χ3v) is 3.32. The molecule has 20 heavy (non-hydrogen) atoms. The monoisotopic (exact) mass is 279 g/mol. The van der Waals surface area contributed by atoms with Gasteiger partial charge < -0.3 is 14.6 Å². The van der Waals surface area contributed by atoms with Gasteiger partial charge in [-0.3, -0.25) is 0 Å². The van der Waals surface area contributed by atoms with E-state index in [9.17, 15) is 4.79 Å². The van der Waals surface area contributed by atoms with Crippen LogP contribution in [0.3, 0.4) is 0 Å². The maximum Gasteiger partial charge on any atom is 0.408 e. The van der Waals surface area contributed by atoms with Crippen LogP contribution >= 0.6 is 0 Å². The van der Waals surface area contributed by atoms with Crippen molar-refractivity contribution < 1.29 is 9.53 Å². The molecule has 2 rings (SSSR count). The number of alkyl carbamates (subject to hydrolysis) is 1. The Morgan fingerprint density at radius 2 is 2.05 bits per heavy atom. The van der Waals surface area contributed by atoms with Crippen LogP contribution in [0.2, 0.25) is 0 Å². The zero-order valence-corrected chi connectivity index (χ0v) is 13.1. The molecule has 0 atom stereocenters. The standard InChI is InChI=1S/C15H25N3O2/c1-14(2,3)20-13(19)17-15(4,5)12-8-16-10-18(12)9-11-6-7-11/h8,10-11H,6-7,9H2,1-5H3,(H,17,19). The van der Waals surface area contributed by atoms with E-state index in [0.29, 0.717) is 0 Å². The van der Waals surface area contributed by atoms with Gasteiger partial charge in [0.25, 0.3) is 0 Å². The Labute approximate surface area is 120 Å². The Kier molecular flexibility index (Phi) is 3.80. The van der Waals surface area contributed by atoms with Gasteiger partial charge in [-0.25, -0.2) is 9.78 Å². The van der Waals surface area contributed by atoms with Gasteiger partial charge in [0.05, 0.1) is 23.8 Å². The van der Waals surface area contributed by atoms with E-state index in [1.165, 1.54) is 12.8 Å². The summed E-state index contributed by atoms with van der Waals surface area (Å²) in [5, 5.41) is 2.93. The maximum atomic E-state index is 12.0. The number of hydrogen-bond donors (Lipinski definition) is 1. The molecule has 0 spiro atoms. The Balaban J connectivity index is 2.05. The van der Waals surface area contributed by atoms with Crippen LogP contribution in [0.4, 0.5) is 4.79 Å². The molecule has 1 amide bonds. The third kappa shape index (κ3) is 3.99. The zero-order valence-electron chi connectivity index (χ0n) is 13.1. The molecule has 0 aromatic carbocycles. The van der Waals surface area contributed by atoms with Crippen molar-refractivity contribution >= 4 is 6.09 Å². The van der Waals surface area contributed by atoms with Crippen molar-refractivity contribution in [3.05, 3.63) is 18.2 Å². The summed E-state index contributed by atoms with van der Waals surface area (Å²) in [6.45, 7) is 10.5. The Morgan fingerprint density at radius 3 is 2.60 bits per heavy atom. The molecule has 1 N–H and O–H groups in total. The number of amides is 1. The molecule has 1 aromatic heterocycles. The molecule has 1 heterocycles. The lowest BCUT2D eigenvalue weighted by Gasteiger charge is -2.29. The number of ether oxygens (including phenoxy) is 1. The molecule has 1 aliphatic rings. The molecule has 112 valence electrons. The molecular formula is C15H25N3O2. The fourth-order valence-electron chi connectivity index (χ4n) is 2.19. The van der Waals surface area contributed by atoms with Gasteiger partial charge >= 0.3 is 6.09 Å². The summed E-state index contributed by atoms with van der Waals surface area (Å²) in [6, 6.07) is 0. The van der Waals surface area contributed by atoms with Gasteiger partial charge in [0.1, 0.15) is 5.60 Å². The fourth-order valence-corrected chi connectivity index (χ4v) is 2.19. The van der Waals surface area contributed by atoms with Crippen molar-refractivity contribution in [2.24, 2.45) is 5.92 Å². The van der Waals surface area contributed by atoms with Crippen molar-refractivity contribution in [3.63, 3.8) is 0 Å². The summed E-state index contributed by atoms with van der Waals surface area (Å²) in [6.07, 6.45) is 5.84. The zero-order chi connectivity index (χ0) is 15.0. The van der Waals surface area contributed by atoms with Crippen molar-refractivity contribution in [3.8, 4) is 0 Å². The van der Waals surface area contributed by atoms with Crippen molar-refractivity contribution in [1.29, 1.82) is 0 Å². The quantitative estimate of drug-likeness (QED) is 0.921. The summed E-state index contributed by atoms with van der Waals surface area (Å²) in [5.74, 6) is 0.764. The van der Waals surface area contributed by atoms with Crippen LogP contribution in [0.1, 0.15) is 53.2 Å². The van der Waals surface area contributed by atoms with Gasteiger partial charge in [-0.15, -0.1) is 0 Å². The number of nitrogens with one attached hydrogen (secondary N) is 1. The van der Waals surface area contributed by atoms with Gasteiger partial charge in [0, 0.05) is 6.54 Å². The first-order chi connectivity index (χ1) is 9.17. The van der Waals surface area contributed by atoms with E-state index in [-0.39, 0.29) is 0 Å². The minimum absolute atomic E-state index is 0.401. The Bertz CT molecular complexity index is 482. The summed E-state index contributed by atoms with van der Waals surface area (Å²) < 4.78 is 7.46. The number of imidazole rings is 1. The molecule has 5 heteroatoms. The van der Waals surface area contributed by atoms with Crippen molar-refractivity contribution in [1.82, 2.24) is 14.9 Å². The van der Waals surface area contributed by atoms with Crippen LogP contribution in [0.15, 0.2) is 12.5 Å². The largest absolute Gasteiger partial charge is 0.444 e. The van der Waals surface area contributed by atoms with E-state index in [1.807, 2.05) is 47.1 Å². The van der Waals surface area contributed by atoms with Gasteiger partial charge in [0.15, 0.2) is 0 Å². The number of hydrogen-bond acceptors (Lipinski definition) is 3. The lowest BCUT2D eigenvalue weighted by Crippen LogP contribution is -2.44. The lowest BCUT2D eigenvalue weighted by atomic mass is 10.0. The first-order valence-corrected chi connectivity index (χ1v) is 7.19. The maximum absolute atomic E-state index is 12.0. The normalized spacial score (nSPS) is 16.1. The molecule has 0 bridgehead atoms. The number of aromatic nitrogens is 2. The second-order valence-electron chi connectivity index (χ2n) is 7.13. The van der Waals surface area contributed by atoms with E-state index < -0.39 is 17.2 Å². The smallest absolute Gasteiger partial charge is 0.408 e. The van der Waals surface area contributed by atoms with Gasteiger partial charge in [-0.2, -0.15) is 0 Å². The third-order valence-electron chi connectivity index (χ3n) is 3.32. The average Bonchev–Trinajstić information content (AvgIpc) is 2.89. The van der Waals surface area contributed by atoms with Crippen LogP contribution in [-0.2, 0) is 16.8 Å². The van der Waals surface area contributed by atoms with Crippen molar-refractivity contribution in [2.45, 2.75) is 65.1 Å². The van der Waals surface area contributed by atoms with Crippen LogP contribution in [0.5, 0.6) is 0 Å². The highest BCUT2D eigenvalue weighted by Crippen LogP contribution is 2.32. The minimum Gasteiger partial charge on any atom is -0.444 e. The van der Waals surface area contributed by atoms with Crippen molar-refractivity contribution in [2.75, 3.05) is 0 Å². The summed E-state index contributed by atoms with van der Waals surface area (Å²) in [5.41, 5.74) is 0.0116. The van der Waals surface area contributed by atoms with E-state index in [2.05, 4.69) is 14.9 Å². The molecule has 0 aliphatic heterocycles. The van der Waals surface area contributed by atoms with E-state index >= 15 is 0 Å². The van der Waals surface area contributed by atoms with E-state index in [1.54, 1.807) is 0 Å². The fraction of sp³-hybridized carbons (Fsp3) is 0.733. The molecule has 5 nitrogen and oxygen atoms in total. The number of carbonyl (C=O) groups is 1. The molecule has 1 fully saturated rings. The SMILES string of the molecule is CC(C)(C)OC(=O)NC(C)(C)c1cncn1CC1CC1. The Hall–Kier alpha value is -1.52. The van der Waals surface area contributed by atoms with Crippen LogP contribution in [0, 0.1) is 5.92 Å².